The number of carbonyl (C=O) groups is 1. The molecule has 1 saturated heterocycles. The molecule has 0 aliphatic carbocycles. The first-order valence-electron chi connectivity index (χ1n) is 5.22. The largest absolute Gasteiger partial charge is 0.345 e. The van der Waals surface area contributed by atoms with Crippen LogP contribution in [0.15, 0.2) is 0 Å². The third-order valence-corrected chi connectivity index (χ3v) is 2.51. The fourth-order valence-electron chi connectivity index (χ4n) is 1.46. The maximum Gasteiger partial charge on any atom is 0.209 e. The lowest BCUT2D eigenvalue weighted by molar-refractivity contribution is -0.117. The molecule has 1 amide bonds. The highest BCUT2D eigenvalue weighted by Gasteiger charge is 2.23. The monoisotopic (exact) mass is 196 g/mol. The second-order valence-electron chi connectivity index (χ2n) is 3.90. The van der Waals surface area contributed by atoms with Gasteiger partial charge in [-0.2, -0.15) is 5.26 Å². The number of nitrogens with zero attached hydrogens (tertiary/aromatic N) is 2. The highest BCUT2D eigenvalue weighted by atomic mass is 16.1. The minimum atomic E-state index is 0.625. The Morgan fingerprint density at radius 2 is 2.21 bits per heavy atom. The second-order valence-corrected chi connectivity index (χ2v) is 3.90. The van der Waals surface area contributed by atoms with Crippen molar-refractivity contribution in [1.29, 1.82) is 5.26 Å². The summed E-state index contributed by atoms with van der Waals surface area (Å²) in [6, 6.07) is 1.93. The molecule has 0 spiro atoms. The van der Waals surface area contributed by atoms with Gasteiger partial charge in [0.15, 0.2) is 0 Å². The van der Waals surface area contributed by atoms with Crippen LogP contribution in [0.25, 0.3) is 0 Å². The van der Waals surface area contributed by atoms with Crippen LogP contribution in [0.5, 0.6) is 0 Å². The van der Waals surface area contributed by atoms with Crippen LogP contribution in [0.2, 0.25) is 0 Å². The van der Waals surface area contributed by atoms with Gasteiger partial charge in [-0.15, -0.1) is 0 Å². The molecule has 1 aliphatic heterocycles. The average molecular weight is 196 g/mol. The predicted molar refractivity (Wildman–Crippen MR) is 56.5 cm³/mol. The van der Waals surface area contributed by atoms with Crippen molar-refractivity contribution in [2.45, 2.75) is 33.6 Å². The van der Waals surface area contributed by atoms with Crippen molar-refractivity contribution in [2.24, 2.45) is 11.8 Å². The van der Waals surface area contributed by atoms with E-state index in [9.17, 15) is 4.79 Å². The van der Waals surface area contributed by atoms with E-state index in [1.54, 1.807) is 0 Å². The van der Waals surface area contributed by atoms with Crippen molar-refractivity contribution < 1.29 is 4.79 Å². The molecule has 1 atom stereocenters. The Balaban J connectivity index is 0.000000364. The Bertz CT molecular complexity index is 196. The fraction of sp³-hybridized carbons (Fsp3) is 0.818. The van der Waals surface area contributed by atoms with Gasteiger partial charge in [0.05, 0.1) is 6.07 Å². The third-order valence-electron chi connectivity index (χ3n) is 2.51. The van der Waals surface area contributed by atoms with Crippen LogP contribution in [0.1, 0.15) is 33.6 Å². The second kappa shape index (κ2) is 7.37. The van der Waals surface area contributed by atoms with Crippen LogP contribution < -0.4 is 0 Å². The van der Waals surface area contributed by atoms with Crippen LogP contribution in [0.3, 0.4) is 0 Å². The maximum atomic E-state index is 10.3. The molecule has 1 rings (SSSR count). The Labute approximate surface area is 86.7 Å². The molecule has 1 unspecified atom stereocenters. The molecule has 3 heteroatoms. The van der Waals surface area contributed by atoms with Gasteiger partial charge in [0.25, 0.3) is 0 Å². The molecule has 3 nitrogen and oxygen atoms in total. The fourth-order valence-corrected chi connectivity index (χ4v) is 1.46. The van der Waals surface area contributed by atoms with Crippen molar-refractivity contribution in [2.75, 3.05) is 13.1 Å². The summed E-state index contributed by atoms with van der Waals surface area (Å²) in [7, 11) is 0. The van der Waals surface area contributed by atoms with Crippen molar-refractivity contribution in [1.82, 2.24) is 4.90 Å². The highest BCUT2D eigenvalue weighted by molar-refractivity contribution is 5.47. The number of likely N-dealkylation sites (tertiary alicyclic amines) is 1. The minimum Gasteiger partial charge on any atom is -0.345 e. The molecule has 0 aromatic carbocycles. The van der Waals surface area contributed by atoms with Gasteiger partial charge in [-0.1, -0.05) is 20.8 Å². The zero-order chi connectivity index (χ0) is 11.0. The standard InChI is InChI=1S/C8H15NO.C3H5N/c1-7(2)8-3-4-9(5-8)6-10;1-2-3-4/h6-8H,3-5H2,1-2H3;2H2,1H3. The van der Waals surface area contributed by atoms with E-state index in [0.717, 1.165) is 31.3 Å². The first-order valence-corrected chi connectivity index (χ1v) is 5.22. The normalized spacial score (nSPS) is 19.9. The average Bonchev–Trinajstić information content (AvgIpc) is 2.66. The molecular formula is C11H20N2O. The molecule has 0 bridgehead atoms. The first kappa shape index (κ1) is 13.0. The van der Waals surface area contributed by atoms with Crippen LogP contribution in [-0.2, 0) is 4.79 Å². The Morgan fingerprint density at radius 3 is 2.43 bits per heavy atom. The number of hydrogen-bond acceptors (Lipinski definition) is 2. The van der Waals surface area contributed by atoms with Crippen molar-refractivity contribution >= 4 is 6.41 Å². The van der Waals surface area contributed by atoms with Gasteiger partial charge in [-0.3, -0.25) is 4.79 Å². The summed E-state index contributed by atoms with van der Waals surface area (Å²) >= 11 is 0. The van der Waals surface area contributed by atoms with Gasteiger partial charge in [-0.05, 0) is 18.3 Å². The lowest BCUT2D eigenvalue weighted by Crippen LogP contribution is -2.19. The molecule has 1 heterocycles. The van der Waals surface area contributed by atoms with E-state index < -0.39 is 0 Å². The number of amides is 1. The molecule has 0 aromatic rings. The van der Waals surface area contributed by atoms with Gasteiger partial charge in [-0.25, -0.2) is 0 Å². The molecule has 0 N–H and O–H groups in total. The molecule has 0 aromatic heterocycles. The number of hydrogen-bond donors (Lipinski definition) is 0. The molecule has 0 radical (unpaired) electrons. The lowest BCUT2D eigenvalue weighted by atomic mass is 9.95. The van der Waals surface area contributed by atoms with E-state index in [1.165, 1.54) is 6.42 Å². The maximum absolute atomic E-state index is 10.3. The summed E-state index contributed by atoms with van der Waals surface area (Å²) in [6.45, 7) is 8.20. The number of rotatable bonds is 2. The van der Waals surface area contributed by atoms with Crippen LogP contribution >= 0.6 is 0 Å². The van der Waals surface area contributed by atoms with E-state index in [4.69, 9.17) is 5.26 Å². The summed E-state index contributed by atoms with van der Waals surface area (Å²) in [5, 5.41) is 7.62. The Morgan fingerprint density at radius 1 is 1.64 bits per heavy atom. The van der Waals surface area contributed by atoms with E-state index in [1.807, 2.05) is 17.9 Å². The van der Waals surface area contributed by atoms with Gasteiger partial charge < -0.3 is 4.90 Å². The van der Waals surface area contributed by atoms with E-state index >= 15 is 0 Å². The molecular weight excluding hydrogens is 176 g/mol. The Kier molecular flexibility index (Phi) is 6.82. The highest BCUT2D eigenvalue weighted by Crippen LogP contribution is 2.21. The van der Waals surface area contributed by atoms with E-state index in [0.29, 0.717) is 6.42 Å². The molecule has 14 heavy (non-hydrogen) atoms. The Hall–Kier alpha value is -1.04. The molecule has 1 aliphatic rings. The summed E-state index contributed by atoms with van der Waals surface area (Å²) in [6.07, 6.45) is 2.78. The van der Waals surface area contributed by atoms with Crippen LogP contribution in [0.4, 0.5) is 0 Å². The summed E-state index contributed by atoms with van der Waals surface area (Å²) in [4.78, 5) is 12.2. The van der Waals surface area contributed by atoms with Gasteiger partial charge in [0.1, 0.15) is 0 Å². The summed E-state index contributed by atoms with van der Waals surface area (Å²) < 4.78 is 0. The SMILES string of the molecule is CC(C)C1CCN(C=O)C1.CCC#N. The van der Waals surface area contributed by atoms with E-state index in [2.05, 4.69) is 13.8 Å². The van der Waals surface area contributed by atoms with Crippen molar-refractivity contribution in [3.63, 3.8) is 0 Å². The molecule has 80 valence electrons. The zero-order valence-electron chi connectivity index (χ0n) is 9.36. The summed E-state index contributed by atoms with van der Waals surface area (Å²) in [5.74, 6) is 1.47. The topological polar surface area (TPSA) is 44.1 Å². The smallest absolute Gasteiger partial charge is 0.209 e. The quantitative estimate of drug-likeness (QED) is 0.634. The first-order chi connectivity index (χ1) is 6.65. The van der Waals surface area contributed by atoms with Gasteiger partial charge in [0.2, 0.25) is 6.41 Å². The third kappa shape index (κ3) is 4.86. The van der Waals surface area contributed by atoms with Gasteiger partial charge in [0, 0.05) is 19.5 Å². The number of nitriles is 1. The summed E-state index contributed by atoms with van der Waals surface area (Å²) in [5.41, 5.74) is 0. The van der Waals surface area contributed by atoms with Crippen molar-refractivity contribution in [3.8, 4) is 6.07 Å². The van der Waals surface area contributed by atoms with E-state index in [-0.39, 0.29) is 0 Å². The molecule has 0 saturated carbocycles. The molecule has 1 fully saturated rings. The number of carbonyl (C=O) groups excluding carboxylic acids is 1. The van der Waals surface area contributed by atoms with Gasteiger partial charge >= 0.3 is 0 Å². The lowest BCUT2D eigenvalue weighted by Gasteiger charge is -2.13. The van der Waals surface area contributed by atoms with Crippen LogP contribution in [0, 0.1) is 23.2 Å². The van der Waals surface area contributed by atoms with Crippen molar-refractivity contribution in [3.05, 3.63) is 0 Å². The zero-order valence-corrected chi connectivity index (χ0v) is 9.36. The minimum absolute atomic E-state index is 0.625. The van der Waals surface area contributed by atoms with Crippen LogP contribution in [-0.4, -0.2) is 24.4 Å². The predicted octanol–water partition coefficient (Wildman–Crippen LogP) is 2.04.